The molecule has 1 aromatic heterocycles. The Morgan fingerprint density at radius 1 is 1.39 bits per heavy atom. The highest BCUT2D eigenvalue weighted by Crippen LogP contribution is 2.37. The summed E-state index contributed by atoms with van der Waals surface area (Å²) in [6.07, 6.45) is 3.38. The smallest absolute Gasteiger partial charge is 0.190 e. The lowest BCUT2D eigenvalue weighted by molar-refractivity contribution is 0.112. The number of nitrogens with zero attached hydrogens (tertiary/aromatic N) is 2. The van der Waals surface area contributed by atoms with E-state index in [9.17, 15) is 4.79 Å². The van der Waals surface area contributed by atoms with E-state index in [0.29, 0.717) is 11.5 Å². The van der Waals surface area contributed by atoms with Gasteiger partial charge in [0.2, 0.25) is 0 Å². The molecule has 5 heteroatoms. The Labute approximate surface area is 109 Å². The second-order valence-corrected chi connectivity index (χ2v) is 5.03. The molecule has 1 aliphatic heterocycles. The van der Waals surface area contributed by atoms with Crippen LogP contribution in [0.3, 0.4) is 0 Å². The zero-order valence-electron chi connectivity index (χ0n) is 9.70. The van der Waals surface area contributed by atoms with E-state index in [4.69, 9.17) is 4.74 Å². The van der Waals surface area contributed by atoms with Crippen LogP contribution < -0.4 is 9.64 Å². The first kappa shape index (κ1) is 11.2. The highest BCUT2D eigenvalue weighted by molar-refractivity contribution is 7.17. The number of rotatable bonds is 2. The summed E-state index contributed by atoms with van der Waals surface area (Å²) < 4.78 is 5.70. The summed E-state index contributed by atoms with van der Waals surface area (Å²) in [7, 11) is 0. The van der Waals surface area contributed by atoms with Gasteiger partial charge in [-0.1, -0.05) is 23.5 Å². The average Bonchev–Trinajstić information content (AvgIpc) is 2.78. The van der Waals surface area contributed by atoms with Gasteiger partial charge in [-0.3, -0.25) is 4.79 Å². The first-order valence-corrected chi connectivity index (χ1v) is 6.60. The molecule has 0 atom stereocenters. The maximum atomic E-state index is 10.7. The molecule has 0 saturated heterocycles. The molecule has 0 aliphatic carbocycles. The molecule has 18 heavy (non-hydrogen) atoms. The fourth-order valence-electron chi connectivity index (χ4n) is 1.98. The first-order chi connectivity index (χ1) is 8.88. The lowest BCUT2D eigenvalue weighted by Crippen LogP contribution is -2.17. The average molecular weight is 260 g/mol. The molecule has 1 aromatic carbocycles. The van der Waals surface area contributed by atoms with E-state index in [0.717, 1.165) is 35.8 Å². The molecular formula is C13H12N2O2S. The van der Waals surface area contributed by atoms with Crippen molar-refractivity contribution in [2.75, 3.05) is 18.1 Å². The van der Waals surface area contributed by atoms with Crippen LogP contribution in [0.5, 0.6) is 5.75 Å². The number of thiazole rings is 1. The van der Waals surface area contributed by atoms with Crippen LogP contribution in [0.25, 0.3) is 0 Å². The third kappa shape index (κ3) is 1.97. The lowest BCUT2D eigenvalue weighted by Gasteiger charge is -2.20. The molecule has 0 N–H and O–H groups in total. The maximum Gasteiger partial charge on any atom is 0.190 e. The van der Waals surface area contributed by atoms with Gasteiger partial charge in [-0.05, 0) is 18.6 Å². The fourth-order valence-corrected chi connectivity index (χ4v) is 2.75. The van der Waals surface area contributed by atoms with Gasteiger partial charge in [0, 0.05) is 6.54 Å². The van der Waals surface area contributed by atoms with Crippen molar-refractivity contribution >= 4 is 28.4 Å². The van der Waals surface area contributed by atoms with Gasteiger partial charge >= 0.3 is 0 Å². The summed E-state index contributed by atoms with van der Waals surface area (Å²) in [4.78, 5) is 17.8. The minimum Gasteiger partial charge on any atom is -0.491 e. The predicted octanol–water partition coefficient (Wildman–Crippen LogP) is 2.88. The van der Waals surface area contributed by atoms with Crippen molar-refractivity contribution in [3.63, 3.8) is 0 Å². The summed E-state index contributed by atoms with van der Waals surface area (Å²) in [5, 5.41) is 0.843. The molecule has 4 nitrogen and oxygen atoms in total. The Balaban J connectivity index is 2.03. The largest absolute Gasteiger partial charge is 0.491 e. The van der Waals surface area contributed by atoms with Crippen LogP contribution in [-0.2, 0) is 0 Å². The summed E-state index contributed by atoms with van der Waals surface area (Å²) >= 11 is 1.40. The quantitative estimate of drug-likeness (QED) is 0.779. The Bertz CT molecular complexity index is 568. The van der Waals surface area contributed by atoms with Crippen molar-refractivity contribution in [3.05, 3.63) is 35.3 Å². The number of aromatic nitrogens is 1. The Morgan fingerprint density at radius 2 is 2.28 bits per heavy atom. The number of carbonyl (C=O) groups is 1. The van der Waals surface area contributed by atoms with Crippen LogP contribution in [-0.4, -0.2) is 24.4 Å². The van der Waals surface area contributed by atoms with Crippen LogP contribution >= 0.6 is 11.3 Å². The number of hydrogen-bond acceptors (Lipinski definition) is 5. The van der Waals surface area contributed by atoms with Gasteiger partial charge in [0.1, 0.15) is 5.75 Å². The van der Waals surface area contributed by atoms with Crippen LogP contribution in [0.15, 0.2) is 30.5 Å². The molecule has 1 aliphatic rings. The van der Waals surface area contributed by atoms with Crippen molar-refractivity contribution in [2.24, 2.45) is 0 Å². The summed E-state index contributed by atoms with van der Waals surface area (Å²) in [6, 6.07) is 7.92. The van der Waals surface area contributed by atoms with E-state index in [2.05, 4.69) is 9.88 Å². The van der Waals surface area contributed by atoms with Crippen LogP contribution in [0.2, 0.25) is 0 Å². The Kier molecular flexibility index (Phi) is 2.98. The molecule has 0 fully saturated rings. The van der Waals surface area contributed by atoms with Gasteiger partial charge < -0.3 is 9.64 Å². The number of ether oxygens (including phenoxy) is 1. The third-order valence-corrected chi connectivity index (χ3v) is 3.74. The number of carbonyl (C=O) groups excluding carboxylic acids is 1. The SMILES string of the molecule is O=Cc1cnc(N2CCCOc3ccccc32)s1. The minimum absolute atomic E-state index is 0.646. The van der Waals surface area contributed by atoms with Gasteiger partial charge in [0.05, 0.1) is 23.4 Å². The van der Waals surface area contributed by atoms with E-state index >= 15 is 0 Å². The number of fused-ring (bicyclic) bond motifs is 1. The van der Waals surface area contributed by atoms with E-state index in [1.54, 1.807) is 6.20 Å². The van der Waals surface area contributed by atoms with Crippen molar-refractivity contribution < 1.29 is 9.53 Å². The first-order valence-electron chi connectivity index (χ1n) is 5.79. The van der Waals surface area contributed by atoms with Gasteiger partial charge in [-0.2, -0.15) is 0 Å². The second kappa shape index (κ2) is 4.78. The lowest BCUT2D eigenvalue weighted by atomic mass is 10.2. The number of benzene rings is 1. The monoisotopic (exact) mass is 260 g/mol. The van der Waals surface area contributed by atoms with Crippen molar-refractivity contribution in [2.45, 2.75) is 6.42 Å². The summed E-state index contributed by atoms with van der Waals surface area (Å²) in [6.45, 7) is 1.56. The number of anilines is 2. The number of aldehydes is 1. The number of para-hydroxylation sites is 2. The molecule has 3 rings (SSSR count). The van der Waals surface area contributed by atoms with Crippen LogP contribution in [0.1, 0.15) is 16.1 Å². The predicted molar refractivity (Wildman–Crippen MR) is 71.1 cm³/mol. The molecule has 0 spiro atoms. The van der Waals surface area contributed by atoms with Crippen molar-refractivity contribution in [1.29, 1.82) is 0 Å². The Morgan fingerprint density at radius 3 is 3.11 bits per heavy atom. The summed E-state index contributed by atoms with van der Waals surface area (Å²) in [5.41, 5.74) is 1.02. The van der Waals surface area contributed by atoms with E-state index in [-0.39, 0.29) is 0 Å². The van der Waals surface area contributed by atoms with Crippen molar-refractivity contribution in [3.8, 4) is 5.75 Å². The highest BCUT2D eigenvalue weighted by atomic mass is 32.1. The molecular weight excluding hydrogens is 248 g/mol. The molecule has 0 unspecified atom stereocenters. The molecule has 0 bridgehead atoms. The molecule has 0 amide bonds. The zero-order valence-corrected chi connectivity index (χ0v) is 10.5. The molecule has 2 aromatic rings. The summed E-state index contributed by atoms with van der Waals surface area (Å²) in [5.74, 6) is 0.873. The number of hydrogen-bond donors (Lipinski definition) is 0. The van der Waals surface area contributed by atoms with Crippen LogP contribution in [0.4, 0.5) is 10.8 Å². The molecule has 92 valence electrons. The fraction of sp³-hybridized carbons (Fsp3) is 0.231. The molecule has 0 saturated carbocycles. The van der Waals surface area contributed by atoms with E-state index < -0.39 is 0 Å². The van der Waals surface area contributed by atoms with Gasteiger partial charge in [-0.25, -0.2) is 4.98 Å². The normalized spacial score (nSPS) is 14.6. The van der Waals surface area contributed by atoms with Gasteiger partial charge in [-0.15, -0.1) is 0 Å². The van der Waals surface area contributed by atoms with Crippen LogP contribution in [0, 0.1) is 0 Å². The van der Waals surface area contributed by atoms with E-state index in [1.165, 1.54) is 11.3 Å². The topological polar surface area (TPSA) is 42.4 Å². The van der Waals surface area contributed by atoms with Gasteiger partial charge in [0.25, 0.3) is 0 Å². The highest BCUT2D eigenvalue weighted by Gasteiger charge is 2.19. The second-order valence-electron chi connectivity index (χ2n) is 3.98. The Hall–Kier alpha value is -1.88. The van der Waals surface area contributed by atoms with Crippen molar-refractivity contribution in [1.82, 2.24) is 4.98 Å². The zero-order chi connectivity index (χ0) is 12.4. The molecule has 2 heterocycles. The van der Waals surface area contributed by atoms with Gasteiger partial charge in [0.15, 0.2) is 11.4 Å². The minimum atomic E-state index is 0.646. The maximum absolute atomic E-state index is 10.7. The third-order valence-electron chi connectivity index (χ3n) is 2.80. The standard InChI is InChI=1S/C13H12N2O2S/c16-9-10-8-14-13(18-10)15-6-3-7-17-12-5-2-1-4-11(12)15/h1-2,4-5,8-9H,3,6-7H2. The van der Waals surface area contributed by atoms with E-state index in [1.807, 2.05) is 24.3 Å². The molecule has 0 radical (unpaired) electrons.